The van der Waals surface area contributed by atoms with E-state index in [1.54, 1.807) is 0 Å². The number of hydrogen-bond donors (Lipinski definition) is 1. The van der Waals surface area contributed by atoms with E-state index in [0.29, 0.717) is 0 Å². The maximum atomic E-state index is 6.07. The highest BCUT2D eigenvalue weighted by Gasteiger charge is 2.12. The lowest BCUT2D eigenvalue weighted by Crippen LogP contribution is -2.23. The molecule has 0 saturated carbocycles. The highest BCUT2D eigenvalue weighted by Crippen LogP contribution is 2.27. The van der Waals surface area contributed by atoms with Gasteiger partial charge in [0.05, 0.1) is 0 Å². The van der Waals surface area contributed by atoms with E-state index < -0.39 is 0 Å². The molecule has 20 heavy (non-hydrogen) atoms. The van der Waals surface area contributed by atoms with Crippen molar-refractivity contribution in [3.05, 3.63) is 67.6 Å². The molecule has 2 rings (SSSR count). The molecule has 1 N–H and O–H groups in total. The number of hydrogen-bond acceptors (Lipinski definition) is 1. The SMILES string of the molecule is CCNC(Cc1cccc(Cl)c1)c1cc(Br)cc(Br)c1. The van der Waals surface area contributed by atoms with Crippen molar-refractivity contribution in [1.29, 1.82) is 0 Å². The lowest BCUT2D eigenvalue weighted by Gasteiger charge is -2.19. The first-order valence-electron chi connectivity index (χ1n) is 6.52. The smallest absolute Gasteiger partial charge is 0.0408 e. The molecule has 0 aliphatic rings. The number of rotatable bonds is 5. The van der Waals surface area contributed by atoms with Crippen molar-refractivity contribution in [2.75, 3.05) is 6.54 Å². The summed E-state index contributed by atoms with van der Waals surface area (Å²) in [6.07, 6.45) is 0.914. The van der Waals surface area contributed by atoms with Gasteiger partial charge in [-0.15, -0.1) is 0 Å². The molecule has 0 saturated heterocycles. The first-order valence-corrected chi connectivity index (χ1v) is 8.48. The second-order valence-corrected chi connectivity index (χ2v) is 6.91. The Morgan fingerprint density at radius 1 is 1.10 bits per heavy atom. The van der Waals surface area contributed by atoms with Crippen LogP contribution in [-0.4, -0.2) is 6.54 Å². The Morgan fingerprint density at radius 3 is 2.40 bits per heavy atom. The van der Waals surface area contributed by atoms with Gasteiger partial charge in [0, 0.05) is 20.0 Å². The van der Waals surface area contributed by atoms with Crippen LogP contribution in [0.5, 0.6) is 0 Å². The van der Waals surface area contributed by atoms with E-state index in [1.807, 2.05) is 24.3 Å². The minimum absolute atomic E-state index is 0.271. The maximum absolute atomic E-state index is 6.07. The second kappa shape index (κ2) is 7.60. The van der Waals surface area contributed by atoms with Crippen LogP contribution < -0.4 is 5.32 Å². The third kappa shape index (κ3) is 4.59. The van der Waals surface area contributed by atoms with Gasteiger partial charge in [-0.3, -0.25) is 0 Å². The normalized spacial score (nSPS) is 12.4. The zero-order chi connectivity index (χ0) is 14.5. The van der Waals surface area contributed by atoms with Gasteiger partial charge < -0.3 is 5.32 Å². The van der Waals surface area contributed by atoms with Crippen molar-refractivity contribution in [1.82, 2.24) is 5.32 Å². The highest BCUT2D eigenvalue weighted by molar-refractivity contribution is 9.11. The van der Waals surface area contributed by atoms with Crippen molar-refractivity contribution in [3.63, 3.8) is 0 Å². The van der Waals surface area contributed by atoms with Crippen LogP contribution in [0.2, 0.25) is 5.02 Å². The number of likely N-dealkylation sites (N-methyl/N-ethyl adjacent to an activating group) is 1. The zero-order valence-corrected chi connectivity index (χ0v) is 15.1. The zero-order valence-electron chi connectivity index (χ0n) is 11.2. The highest BCUT2D eigenvalue weighted by atomic mass is 79.9. The van der Waals surface area contributed by atoms with E-state index in [4.69, 9.17) is 11.6 Å². The summed E-state index contributed by atoms with van der Waals surface area (Å²) in [5.74, 6) is 0. The average molecular weight is 418 g/mol. The van der Waals surface area contributed by atoms with Gasteiger partial charge in [-0.25, -0.2) is 0 Å². The van der Waals surface area contributed by atoms with Crippen LogP contribution in [0.3, 0.4) is 0 Å². The van der Waals surface area contributed by atoms with Crippen LogP contribution in [0.4, 0.5) is 0 Å². The van der Waals surface area contributed by atoms with Crippen LogP contribution >= 0.6 is 43.5 Å². The minimum Gasteiger partial charge on any atom is -0.310 e. The first kappa shape index (κ1) is 16.0. The van der Waals surface area contributed by atoms with Gasteiger partial charge in [0.25, 0.3) is 0 Å². The van der Waals surface area contributed by atoms with Crippen LogP contribution in [0.15, 0.2) is 51.4 Å². The lowest BCUT2D eigenvalue weighted by atomic mass is 9.99. The monoisotopic (exact) mass is 415 g/mol. The number of halogens is 3. The summed E-state index contributed by atoms with van der Waals surface area (Å²) < 4.78 is 2.16. The quantitative estimate of drug-likeness (QED) is 0.652. The van der Waals surface area contributed by atoms with Crippen molar-refractivity contribution in [2.24, 2.45) is 0 Å². The fourth-order valence-corrected chi connectivity index (χ4v) is 3.77. The predicted molar refractivity (Wildman–Crippen MR) is 93.4 cm³/mol. The third-order valence-electron chi connectivity index (χ3n) is 3.07. The Labute approximate surface area is 142 Å². The average Bonchev–Trinajstić information content (AvgIpc) is 2.37. The summed E-state index contributed by atoms with van der Waals surface area (Å²) in [4.78, 5) is 0. The molecule has 106 valence electrons. The van der Waals surface area contributed by atoms with Gasteiger partial charge in [0.2, 0.25) is 0 Å². The van der Waals surface area contributed by atoms with Gasteiger partial charge in [-0.1, -0.05) is 62.5 Å². The number of nitrogens with one attached hydrogen (secondary N) is 1. The van der Waals surface area contributed by atoms with Crippen LogP contribution in [0, 0.1) is 0 Å². The van der Waals surface area contributed by atoms with Crippen molar-refractivity contribution >= 4 is 43.5 Å². The Balaban J connectivity index is 2.26. The molecule has 0 heterocycles. The van der Waals surface area contributed by atoms with E-state index in [2.05, 4.69) is 62.3 Å². The Bertz CT molecular complexity index is 566. The lowest BCUT2D eigenvalue weighted by molar-refractivity contribution is 0.549. The molecule has 0 aliphatic carbocycles. The predicted octanol–water partition coefficient (Wildman–Crippen LogP) is 5.76. The van der Waals surface area contributed by atoms with Gasteiger partial charge in [-0.2, -0.15) is 0 Å². The van der Waals surface area contributed by atoms with E-state index in [1.165, 1.54) is 11.1 Å². The molecule has 1 nitrogen and oxygen atoms in total. The summed E-state index contributed by atoms with van der Waals surface area (Å²) in [6.45, 7) is 3.05. The van der Waals surface area contributed by atoms with E-state index in [9.17, 15) is 0 Å². The third-order valence-corrected chi connectivity index (χ3v) is 4.22. The van der Waals surface area contributed by atoms with Gasteiger partial charge in [0.1, 0.15) is 0 Å². The van der Waals surface area contributed by atoms with E-state index in [0.717, 1.165) is 26.9 Å². The molecular formula is C16H16Br2ClN. The van der Waals surface area contributed by atoms with Crippen LogP contribution in [0.25, 0.3) is 0 Å². The Hall–Kier alpha value is -0.350. The number of benzene rings is 2. The minimum atomic E-state index is 0.271. The molecule has 0 aliphatic heterocycles. The summed E-state index contributed by atoms with van der Waals surface area (Å²) in [7, 11) is 0. The fraction of sp³-hybridized carbons (Fsp3) is 0.250. The van der Waals surface area contributed by atoms with Gasteiger partial charge in [-0.05, 0) is 54.4 Å². The molecule has 0 radical (unpaired) electrons. The van der Waals surface area contributed by atoms with Crippen LogP contribution in [-0.2, 0) is 6.42 Å². The van der Waals surface area contributed by atoms with Gasteiger partial charge in [0.15, 0.2) is 0 Å². The standard InChI is InChI=1S/C16H16Br2ClN/c1-2-20-16(7-11-4-3-5-15(19)6-11)12-8-13(17)10-14(18)9-12/h3-6,8-10,16,20H,2,7H2,1H3. The molecule has 2 aromatic rings. The fourth-order valence-electron chi connectivity index (χ4n) is 2.23. The molecule has 0 spiro atoms. The molecule has 0 amide bonds. The summed E-state index contributed by atoms with van der Waals surface area (Å²) in [5, 5.41) is 4.32. The van der Waals surface area contributed by atoms with Crippen molar-refractivity contribution in [2.45, 2.75) is 19.4 Å². The molecule has 2 aromatic carbocycles. The van der Waals surface area contributed by atoms with Crippen molar-refractivity contribution in [3.8, 4) is 0 Å². The second-order valence-electron chi connectivity index (χ2n) is 4.65. The molecule has 0 fully saturated rings. The summed E-state index contributed by atoms with van der Waals surface area (Å²) >= 11 is 13.2. The largest absolute Gasteiger partial charge is 0.310 e. The summed E-state index contributed by atoms with van der Waals surface area (Å²) in [6, 6.07) is 14.7. The maximum Gasteiger partial charge on any atom is 0.0408 e. The molecule has 0 aromatic heterocycles. The van der Waals surface area contributed by atoms with E-state index in [-0.39, 0.29) is 6.04 Å². The first-order chi connectivity index (χ1) is 9.58. The van der Waals surface area contributed by atoms with Crippen molar-refractivity contribution < 1.29 is 0 Å². The molecule has 1 atom stereocenters. The molecular weight excluding hydrogens is 401 g/mol. The molecule has 0 bridgehead atoms. The van der Waals surface area contributed by atoms with Crippen LogP contribution in [0.1, 0.15) is 24.1 Å². The summed E-state index contributed by atoms with van der Waals surface area (Å²) in [5.41, 5.74) is 2.49. The van der Waals surface area contributed by atoms with E-state index >= 15 is 0 Å². The Kier molecular flexibility index (Phi) is 6.09. The topological polar surface area (TPSA) is 12.0 Å². The molecule has 4 heteroatoms. The molecule has 1 unspecified atom stereocenters. The Morgan fingerprint density at radius 2 is 1.80 bits per heavy atom. The van der Waals surface area contributed by atoms with Gasteiger partial charge >= 0.3 is 0 Å².